The van der Waals surface area contributed by atoms with E-state index in [-0.39, 0.29) is 11.7 Å². The fourth-order valence-electron chi connectivity index (χ4n) is 1.83. The molecule has 0 radical (unpaired) electrons. The molecular formula is C16H19N3O3. The summed E-state index contributed by atoms with van der Waals surface area (Å²) in [7, 11) is 3.89. The molecule has 0 aliphatic carbocycles. The number of hydrogen-bond donors (Lipinski definition) is 2. The van der Waals surface area contributed by atoms with Crippen molar-refractivity contribution in [3.05, 3.63) is 48.4 Å². The highest BCUT2D eigenvalue weighted by molar-refractivity contribution is 5.99. The van der Waals surface area contributed by atoms with E-state index in [2.05, 4.69) is 10.6 Å². The third-order valence-electron chi connectivity index (χ3n) is 3.14. The van der Waals surface area contributed by atoms with Gasteiger partial charge in [0.2, 0.25) is 5.91 Å². The number of rotatable bonds is 5. The molecule has 0 saturated carbocycles. The van der Waals surface area contributed by atoms with E-state index in [1.807, 2.05) is 43.3 Å². The zero-order chi connectivity index (χ0) is 16.1. The molecule has 0 aliphatic rings. The lowest BCUT2D eigenvalue weighted by atomic mass is 10.2. The Bertz CT molecular complexity index is 633. The Hall–Kier alpha value is -2.76. The third-order valence-corrected chi connectivity index (χ3v) is 3.14. The number of hydrogen-bond acceptors (Lipinski definition) is 4. The summed E-state index contributed by atoms with van der Waals surface area (Å²) in [6.07, 6.45) is 1.41. The molecule has 0 spiro atoms. The number of nitrogens with one attached hydrogen (secondary N) is 2. The van der Waals surface area contributed by atoms with Crippen LogP contribution in [0.5, 0.6) is 0 Å². The second kappa shape index (κ2) is 6.80. The van der Waals surface area contributed by atoms with Crippen LogP contribution in [0.2, 0.25) is 0 Å². The molecule has 6 heteroatoms. The third kappa shape index (κ3) is 3.88. The first-order chi connectivity index (χ1) is 10.5. The average molecular weight is 301 g/mol. The molecule has 1 atom stereocenters. The summed E-state index contributed by atoms with van der Waals surface area (Å²) >= 11 is 0. The van der Waals surface area contributed by atoms with Crippen LogP contribution >= 0.6 is 0 Å². The van der Waals surface area contributed by atoms with Crippen LogP contribution in [0.25, 0.3) is 0 Å². The smallest absolute Gasteiger partial charge is 0.287 e. The Balaban J connectivity index is 1.92. The lowest BCUT2D eigenvalue weighted by Crippen LogP contribution is -2.41. The molecule has 2 rings (SSSR count). The van der Waals surface area contributed by atoms with Crippen molar-refractivity contribution in [2.45, 2.75) is 13.0 Å². The Labute approximate surface area is 129 Å². The maximum Gasteiger partial charge on any atom is 0.287 e. The van der Waals surface area contributed by atoms with Crippen LogP contribution in [-0.4, -0.2) is 32.0 Å². The van der Waals surface area contributed by atoms with E-state index in [0.717, 1.165) is 5.69 Å². The molecule has 0 unspecified atom stereocenters. The predicted octanol–water partition coefficient (Wildman–Crippen LogP) is 2.10. The number of benzene rings is 1. The first kappa shape index (κ1) is 15.6. The highest BCUT2D eigenvalue weighted by Crippen LogP contribution is 2.15. The van der Waals surface area contributed by atoms with Gasteiger partial charge in [0.1, 0.15) is 6.04 Å². The molecule has 2 N–H and O–H groups in total. The van der Waals surface area contributed by atoms with E-state index in [0.29, 0.717) is 5.69 Å². The summed E-state index contributed by atoms with van der Waals surface area (Å²) in [6.45, 7) is 1.62. The summed E-state index contributed by atoms with van der Waals surface area (Å²) in [6, 6.07) is 9.92. The quantitative estimate of drug-likeness (QED) is 0.887. The van der Waals surface area contributed by atoms with E-state index >= 15 is 0 Å². The van der Waals surface area contributed by atoms with Crippen molar-refractivity contribution in [1.29, 1.82) is 0 Å². The molecule has 6 nitrogen and oxygen atoms in total. The first-order valence-electron chi connectivity index (χ1n) is 6.90. The number of carbonyl (C=O) groups excluding carboxylic acids is 2. The highest BCUT2D eigenvalue weighted by Gasteiger charge is 2.18. The summed E-state index contributed by atoms with van der Waals surface area (Å²) in [4.78, 5) is 25.8. The van der Waals surface area contributed by atoms with Gasteiger partial charge in [0, 0.05) is 25.5 Å². The van der Waals surface area contributed by atoms with E-state index in [1.54, 1.807) is 19.1 Å². The van der Waals surface area contributed by atoms with E-state index in [9.17, 15) is 9.59 Å². The average Bonchev–Trinajstić information content (AvgIpc) is 3.02. The molecular weight excluding hydrogens is 282 g/mol. The molecule has 2 amide bonds. The largest absolute Gasteiger partial charge is 0.459 e. The summed E-state index contributed by atoms with van der Waals surface area (Å²) in [5.74, 6) is -0.539. The van der Waals surface area contributed by atoms with Gasteiger partial charge in [-0.2, -0.15) is 0 Å². The molecule has 2 aromatic rings. The maximum atomic E-state index is 12.1. The Morgan fingerprint density at radius 1 is 1.14 bits per heavy atom. The van der Waals surface area contributed by atoms with Gasteiger partial charge in [0.15, 0.2) is 5.76 Å². The topological polar surface area (TPSA) is 74.6 Å². The molecule has 1 aromatic heterocycles. The van der Waals surface area contributed by atoms with E-state index in [4.69, 9.17) is 4.42 Å². The van der Waals surface area contributed by atoms with Crippen molar-refractivity contribution >= 4 is 23.2 Å². The van der Waals surface area contributed by atoms with E-state index in [1.165, 1.54) is 6.26 Å². The molecule has 0 saturated heterocycles. The van der Waals surface area contributed by atoms with Gasteiger partial charge in [0.25, 0.3) is 5.91 Å². The fraction of sp³-hybridized carbons (Fsp3) is 0.250. The van der Waals surface area contributed by atoms with Gasteiger partial charge in [-0.05, 0) is 43.3 Å². The molecule has 22 heavy (non-hydrogen) atoms. The van der Waals surface area contributed by atoms with Crippen LogP contribution in [-0.2, 0) is 4.79 Å². The van der Waals surface area contributed by atoms with Crippen LogP contribution in [0, 0.1) is 0 Å². The van der Waals surface area contributed by atoms with Crippen LogP contribution in [0.15, 0.2) is 47.1 Å². The van der Waals surface area contributed by atoms with Crippen LogP contribution in [0.4, 0.5) is 11.4 Å². The zero-order valence-corrected chi connectivity index (χ0v) is 12.8. The van der Waals surface area contributed by atoms with Gasteiger partial charge < -0.3 is 20.0 Å². The fourth-order valence-corrected chi connectivity index (χ4v) is 1.83. The molecule has 0 fully saturated rings. The molecule has 116 valence electrons. The number of anilines is 2. The number of nitrogens with zero attached hydrogens (tertiary/aromatic N) is 1. The normalized spacial score (nSPS) is 11.6. The summed E-state index contributed by atoms with van der Waals surface area (Å²) in [5.41, 5.74) is 1.71. The van der Waals surface area contributed by atoms with Crippen LogP contribution in [0.1, 0.15) is 17.5 Å². The summed E-state index contributed by atoms with van der Waals surface area (Å²) in [5, 5.41) is 5.33. The lowest BCUT2D eigenvalue weighted by Gasteiger charge is -2.15. The second-order valence-corrected chi connectivity index (χ2v) is 5.10. The minimum Gasteiger partial charge on any atom is -0.459 e. The van der Waals surface area contributed by atoms with E-state index < -0.39 is 11.9 Å². The zero-order valence-electron chi connectivity index (χ0n) is 12.8. The van der Waals surface area contributed by atoms with Crippen LogP contribution in [0.3, 0.4) is 0 Å². The molecule has 1 heterocycles. The minimum atomic E-state index is -0.675. The van der Waals surface area contributed by atoms with Crippen molar-refractivity contribution in [2.24, 2.45) is 0 Å². The van der Waals surface area contributed by atoms with Crippen molar-refractivity contribution < 1.29 is 14.0 Å². The summed E-state index contributed by atoms with van der Waals surface area (Å²) < 4.78 is 4.98. The van der Waals surface area contributed by atoms with Gasteiger partial charge in [0.05, 0.1) is 6.26 Å². The maximum absolute atomic E-state index is 12.1. The molecule has 0 aliphatic heterocycles. The van der Waals surface area contributed by atoms with Crippen molar-refractivity contribution in [1.82, 2.24) is 5.32 Å². The van der Waals surface area contributed by atoms with Gasteiger partial charge in [-0.15, -0.1) is 0 Å². The van der Waals surface area contributed by atoms with Gasteiger partial charge in [-0.25, -0.2) is 0 Å². The van der Waals surface area contributed by atoms with Crippen molar-refractivity contribution in [3.63, 3.8) is 0 Å². The standard InChI is InChI=1S/C16H19N3O3/c1-11(17-16(21)14-5-4-10-22-14)15(20)18-12-6-8-13(9-7-12)19(2)3/h4-11H,1-3H3,(H,17,21)(H,18,20)/t11-/m0/s1. The van der Waals surface area contributed by atoms with Gasteiger partial charge >= 0.3 is 0 Å². The monoisotopic (exact) mass is 301 g/mol. The number of furan rings is 1. The number of carbonyl (C=O) groups is 2. The predicted molar refractivity (Wildman–Crippen MR) is 85.0 cm³/mol. The second-order valence-electron chi connectivity index (χ2n) is 5.10. The number of amides is 2. The van der Waals surface area contributed by atoms with Gasteiger partial charge in [-0.1, -0.05) is 0 Å². The molecule has 1 aromatic carbocycles. The Morgan fingerprint density at radius 2 is 1.82 bits per heavy atom. The van der Waals surface area contributed by atoms with Crippen molar-refractivity contribution in [2.75, 3.05) is 24.3 Å². The SMILES string of the molecule is C[C@H](NC(=O)c1ccco1)C(=O)Nc1ccc(N(C)C)cc1. The molecule has 0 bridgehead atoms. The van der Waals surface area contributed by atoms with Crippen molar-refractivity contribution in [3.8, 4) is 0 Å². The first-order valence-corrected chi connectivity index (χ1v) is 6.90. The lowest BCUT2D eigenvalue weighted by molar-refractivity contribution is -0.117. The Kier molecular flexibility index (Phi) is 4.83. The minimum absolute atomic E-state index is 0.176. The highest BCUT2D eigenvalue weighted by atomic mass is 16.3. The van der Waals surface area contributed by atoms with Crippen LogP contribution < -0.4 is 15.5 Å². The van der Waals surface area contributed by atoms with Gasteiger partial charge in [-0.3, -0.25) is 9.59 Å². The Morgan fingerprint density at radius 3 is 2.36 bits per heavy atom.